The monoisotopic (exact) mass is 460 g/mol. The maximum absolute atomic E-state index is 11.9. The molecule has 7 heteroatoms. The second-order valence-corrected chi connectivity index (χ2v) is 8.86. The van der Waals surface area contributed by atoms with Crippen LogP contribution in [0.2, 0.25) is 0 Å². The summed E-state index contributed by atoms with van der Waals surface area (Å²) in [5.74, 6) is -0.700. The number of fused-ring (bicyclic) bond motifs is 1. The van der Waals surface area contributed by atoms with Gasteiger partial charge in [-0.1, -0.05) is 37.3 Å². The number of aliphatic carboxylic acids is 1. The first-order valence-corrected chi connectivity index (χ1v) is 12.0. The van der Waals surface area contributed by atoms with E-state index < -0.39 is 5.97 Å². The summed E-state index contributed by atoms with van der Waals surface area (Å²) in [4.78, 5) is 27.5. The average Bonchev–Trinajstić information content (AvgIpc) is 2.86. The normalized spacial score (nSPS) is 16.7. The Labute approximate surface area is 200 Å². The molecule has 4 rings (SSSR count). The van der Waals surface area contributed by atoms with E-state index in [1.54, 1.807) is 0 Å². The summed E-state index contributed by atoms with van der Waals surface area (Å²) < 4.78 is 0. The number of aromatic nitrogens is 1. The lowest BCUT2D eigenvalue weighted by Crippen LogP contribution is -2.40. The third kappa shape index (κ3) is 5.91. The van der Waals surface area contributed by atoms with Crippen molar-refractivity contribution < 1.29 is 14.7 Å². The summed E-state index contributed by atoms with van der Waals surface area (Å²) in [7, 11) is 0. The van der Waals surface area contributed by atoms with Crippen molar-refractivity contribution in [3.8, 4) is 11.3 Å². The van der Waals surface area contributed by atoms with Gasteiger partial charge in [0.15, 0.2) is 0 Å². The van der Waals surface area contributed by atoms with Gasteiger partial charge in [0, 0.05) is 34.8 Å². The number of carbonyl (C=O) groups is 2. The molecule has 0 radical (unpaired) electrons. The lowest BCUT2D eigenvalue weighted by molar-refractivity contribution is -0.138. The minimum Gasteiger partial charge on any atom is -0.481 e. The number of hydrogen-bond donors (Lipinski definition) is 4. The lowest BCUT2D eigenvalue weighted by Gasteiger charge is -2.32. The number of benzene rings is 2. The third-order valence-electron chi connectivity index (χ3n) is 6.43. The maximum Gasteiger partial charge on any atom is 0.303 e. The van der Waals surface area contributed by atoms with E-state index in [4.69, 9.17) is 10.1 Å². The average molecular weight is 461 g/mol. The highest BCUT2D eigenvalue weighted by atomic mass is 16.4. The van der Waals surface area contributed by atoms with Gasteiger partial charge in [0.1, 0.15) is 0 Å². The number of nitrogens with one attached hydrogen (secondary N) is 3. The SMILES string of the molecule is CCC(Nc1cc(-c2ccc(NC(=O)CCC(=O)O)cc2)nc2ccccc12)C1CCCNC1. The summed E-state index contributed by atoms with van der Waals surface area (Å²) in [6, 6.07) is 18.2. The molecule has 178 valence electrons. The Morgan fingerprint density at radius 1 is 1.15 bits per heavy atom. The molecule has 1 fully saturated rings. The highest BCUT2D eigenvalue weighted by Crippen LogP contribution is 2.31. The van der Waals surface area contributed by atoms with E-state index in [1.807, 2.05) is 42.5 Å². The van der Waals surface area contributed by atoms with Crippen LogP contribution in [0.15, 0.2) is 54.6 Å². The number of carboxylic acids is 1. The highest BCUT2D eigenvalue weighted by Gasteiger charge is 2.23. The van der Waals surface area contributed by atoms with Crippen molar-refractivity contribution >= 4 is 34.2 Å². The number of carbonyl (C=O) groups excluding carboxylic acids is 1. The van der Waals surface area contributed by atoms with E-state index >= 15 is 0 Å². The van der Waals surface area contributed by atoms with Crippen LogP contribution < -0.4 is 16.0 Å². The predicted molar refractivity (Wildman–Crippen MR) is 136 cm³/mol. The fourth-order valence-corrected chi connectivity index (χ4v) is 4.59. The standard InChI is InChI=1S/C27H32N4O3/c1-2-22(19-6-5-15-28-17-19)30-25-16-24(31-23-8-4-3-7-21(23)25)18-9-11-20(12-10-18)29-26(32)13-14-27(33)34/h3-4,7-12,16,19,22,28H,2,5-6,13-15,17H2,1H3,(H,29,32)(H,30,31)(H,33,34). The fourth-order valence-electron chi connectivity index (χ4n) is 4.59. The van der Waals surface area contributed by atoms with Crippen LogP contribution in [-0.2, 0) is 9.59 Å². The molecule has 0 aliphatic carbocycles. The van der Waals surface area contributed by atoms with E-state index in [-0.39, 0.29) is 18.7 Å². The Morgan fingerprint density at radius 2 is 1.94 bits per heavy atom. The number of anilines is 2. The second-order valence-electron chi connectivity index (χ2n) is 8.86. The van der Waals surface area contributed by atoms with Crippen LogP contribution in [0, 0.1) is 5.92 Å². The molecule has 1 aliphatic rings. The van der Waals surface area contributed by atoms with Crippen LogP contribution in [-0.4, -0.2) is 41.1 Å². The van der Waals surface area contributed by atoms with Gasteiger partial charge in [-0.15, -0.1) is 0 Å². The van der Waals surface area contributed by atoms with Crippen LogP contribution in [0.25, 0.3) is 22.2 Å². The Bertz CT molecular complexity index is 1140. The molecule has 2 atom stereocenters. The van der Waals surface area contributed by atoms with Crippen molar-refractivity contribution in [1.82, 2.24) is 10.3 Å². The molecule has 1 amide bonds. The summed E-state index contributed by atoms with van der Waals surface area (Å²) in [5, 5.41) is 19.9. The first kappa shape index (κ1) is 23.7. The largest absolute Gasteiger partial charge is 0.481 e. The molecular formula is C27H32N4O3. The maximum atomic E-state index is 11.9. The molecule has 1 aliphatic heterocycles. The number of hydrogen-bond acceptors (Lipinski definition) is 5. The number of carboxylic acid groups (broad SMARTS) is 1. The van der Waals surface area contributed by atoms with Crippen LogP contribution in [0.4, 0.5) is 11.4 Å². The number of para-hydroxylation sites is 1. The molecule has 4 N–H and O–H groups in total. The molecule has 0 bridgehead atoms. The zero-order valence-corrected chi connectivity index (χ0v) is 19.5. The van der Waals surface area contributed by atoms with E-state index in [9.17, 15) is 9.59 Å². The minimum atomic E-state index is -0.984. The summed E-state index contributed by atoms with van der Waals surface area (Å²) in [6.45, 7) is 4.38. The van der Waals surface area contributed by atoms with Gasteiger partial charge in [0.2, 0.25) is 5.91 Å². The lowest BCUT2D eigenvalue weighted by atomic mass is 9.90. The van der Waals surface area contributed by atoms with Crippen LogP contribution in [0.3, 0.4) is 0 Å². The number of pyridine rings is 1. The highest BCUT2D eigenvalue weighted by molar-refractivity contribution is 5.95. The van der Waals surface area contributed by atoms with Gasteiger partial charge >= 0.3 is 5.97 Å². The van der Waals surface area contributed by atoms with Crippen molar-refractivity contribution in [2.45, 2.75) is 45.1 Å². The first-order valence-electron chi connectivity index (χ1n) is 12.0. The predicted octanol–water partition coefficient (Wildman–Crippen LogP) is 4.90. The second kappa shape index (κ2) is 11.1. The van der Waals surface area contributed by atoms with Gasteiger partial charge in [-0.25, -0.2) is 4.98 Å². The summed E-state index contributed by atoms with van der Waals surface area (Å²) in [6.07, 6.45) is 3.26. The molecule has 2 heterocycles. The Morgan fingerprint density at radius 3 is 2.65 bits per heavy atom. The number of amides is 1. The number of nitrogens with zero attached hydrogens (tertiary/aromatic N) is 1. The molecule has 3 aromatic rings. The molecule has 1 saturated heterocycles. The molecule has 2 unspecified atom stereocenters. The molecular weight excluding hydrogens is 428 g/mol. The minimum absolute atomic E-state index is 0.0482. The van der Waals surface area contributed by atoms with Gasteiger partial charge in [0.25, 0.3) is 0 Å². The van der Waals surface area contributed by atoms with Crippen molar-refractivity contribution in [2.75, 3.05) is 23.7 Å². The summed E-state index contributed by atoms with van der Waals surface area (Å²) in [5.41, 5.74) is 4.47. The van der Waals surface area contributed by atoms with Crippen molar-refractivity contribution in [2.24, 2.45) is 5.92 Å². The molecule has 7 nitrogen and oxygen atoms in total. The topological polar surface area (TPSA) is 103 Å². The zero-order valence-electron chi connectivity index (χ0n) is 19.5. The van der Waals surface area contributed by atoms with Crippen LogP contribution in [0.5, 0.6) is 0 Å². The van der Waals surface area contributed by atoms with Gasteiger partial charge in [0.05, 0.1) is 17.6 Å². The first-order chi connectivity index (χ1) is 16.5. The van der Waals surface area contributed by atoms with Gasteiger partial charge in [-0.05, 0) is 62.5 Å². The quantitative estimate of drug-likeness (QED) is 0.362. The van der Waals surface area contributed by atoms with E-state index in [0.717, 1.165) is 47.4 Å². The Hall–Kier alpha value is -3.45. The van der Waals surface area contributed by atoms with E-state index in [1.165, 1.54) is 12.8 Å². The van der Waals surface area contributed by atoms with Gasteiger partial charge < -0.3 is 21.1 Å². The fraction of sp³-hybridized carbons (Fsp3) is 0.370. The van der Waals surface area contributed by atoms with Gasteiger partial charge in [-0.2, -0.15) is 0 Å². The third-order valence-corrected chi connectivity index (χ3v) is 6.43. The molecule has 1 aromatic heterocycles. The zero-order chi connectivity index (χ0) is 23.9. The molecule has 0 spiro atoms. The smallest absolute Gasteiger partial charge is 0.303 e. The molecule has 34 heavy (non-hydrogen) atoms. The molecule has 0 saturated carbocycles. The van der Waals surface area contributed by atoms with E-state index in [0.29, 0.717) is 17.6 Å². The molecule has 2 aromatic carbocycles. The number of rotatable bonds is 9. The Balaban J connectivity index is 1.57. The Kier molecular flexibility index (Phi) is 7.75. The van der Waals surface area contributed by atoms with Gasteiger partial charge in [-0.3, -0.25) is 9.59 Å². The van der Waals surface area contributed by atoms with Crippen LogP contribution >= 0.6 is 0 Å². The van der Waals surface area contributed by atoms with Crippen molar-refractivity contribution in [3.63, 3.8) is 0 Å². The number of piperidine rings is 1. The summed E-state index contributed by atoms with van der Waals surface area (Å²) >= 11 is 0. The van der Waals surface area contributed by atoms with Crippen molar-refractivity contribution in [3.05, 3.63) is 54.6 Å². The van der Waals surface area contributed by atoms with Crippen molar-refractivity contribution in [1.29, 1.82) is 0 Å². The van der Waals surface area contributed by atoms with E-state index in [2.05, 4.69) is 35.0 Å². The van der Waals surface area contributed by atoms with Crippen LogP contribution in [0.1, 0.15) is 39.0 Å².